The average molecular weight is 825 g/mol. The fraction of sp³-hybridized carbons (Fsp3) is 0.186. The number of aromatic nitrogens is 3. The summed E-state index contributed by atoms with van der Waals surface area (Å²) in [6.45, 7) is 13.1. The molecular weight excluding hydrogens is 767 g/mol. The third-order valence-corrected chi connectivity index (χ3v) is 12.6. The average Bonchev–Trinajstić information content (AvgIpc) is 3.71. The van der Waals surface area contributed by atoms with Crippen LogP contribution in [0.15, 0.2) is 170 Å². The van der Waals surface area contributed by atoms with Gasteiger partial charge in [-0.15, -0.1) is 0 Å². The molecule has 0 aliphatic heterocycles. The van der Waals surface area contributed by atoms with Gasteiger partial charge in [0.2, 0.25) is 0 Å². The van der Waals surface area contributed by atoms with Gasteiger partial charge in [0.1, 0.15) is 11.6 Å². The number of phenols is 1. The van der Waals surface area contributed by atoms with Crippen molar-refractivity contribution < 1.29 is 9.22 Å². The number of fused-ring (bicyclic) bond motifs is 1. The maximum absolute atomic E-state index is 12.3. The van der Waals surface area contributed by atoms with E-state index in [1.54, 1.807) is 12.1 Å². The highest BCUT2D eigenvalue weighted by atomic mass is 16.3. The SMILES string of the molecule is [2H]C([2H])([2H])c1ccc(-c2ccnc(-c3cc(-c4ccccc4)cc(-c4cccc5c4nc(-c4cc(C)cc(C(C)(C)C)c4O)n5-c4ccc(C(C)(C)CC)cc4-c4ccccc4)c3)c2)cc1. The lowest BCUT2D eigenvalue weighted by molar-refractivity contribution is 0.448. The van der Waals surface area contributed by atoms with E-state index in [4.69, 9.17) is 14.1 Å². The summed E-state index contributed by atoms with van der Waals surface area (Å²) in [5.41, 5.74) is 16.2. The number of hydrogen-bond acceptors (Lipinski definition) is 3. The highest BCUT2D eigenvalue weighted by Crippen LogP contribution is 2.45. The molecule has 0 bridgehead atoms. The molecule has 0 aliphatic carbocycles. The first-order chi connectivity index (χ1) is 31.5. The van der Waals surface area contributed by atoms with E-state index in [2.05, 4.69) is 180 Å². The summed E-state index contributed by atoms with van der Waals surface area (Å²) in [5.74, 6) is 0.880. The molecule has 0 fully saturated rings. The Bertz CT molecular complexity index is 3230. The third kappa shape index (κ3) is 7.98. The molecule has 63 heavy (non-hydrogen) atoms. The van der Waals surface area contributed by atoms with Crippen LogP contribution in [-0.4, -0.2) is 19.6 Å². The van der Waals surface area contributed by atoms with E-state index < -0.39 is 6.85 Å². The predicted octanol–water partition coefficient (Wildman–Crippen LogP) is 15.7. The van der Waals surface area contributed by atoms with Gasteiger partial charge in [0.05, 0.1) is 28.0 Å². The Hall–Kier alpha value is -7.04. The smallest absolute Gasteiger partial charge is 0.149 e. The quantitative estimate of drug-likeness (QED) is 0.158. The van der Waals surface area contributed by atoms with Gasteiger partial charge in [0.15, 0.2) is 0 Å². The lowest BCUT2D eigenvalue weighted by Crippen LogP contribution is -2.16. The number of hydrogen-bond donors (Lipinski definition) is 1. The van der Waals surface area contributed by atoms with E-state index in [-0.39, 0.29) is 16.6 Å². The third-order valence-electron chi connectivity index (χ3n) is 12.6. The molecule has 0 radical (unpaired) electrons. The first kappa shape index (κ1) is 37.7. The van der Waals surface area contributed by atoms with Crippen molar-refractivity contribution in [1.82, 2.24) is 14.5 Å². The number of aromatic hydroxyl groups is 1. The molecule has 0 amide bonds. The zero-order valence-corrected chi connectivity index (χ0v) is 37.2. The van der Waals surface area contributed by atoms with Gasteiger partial charge < -0.3 is 5.11 Å². The van der Waals surface area contributed by atoms with Crippen molar-refractivity contribution in [3.05, 3.63) is 192 Å². The fourth-order valence-corrected chi connectivity index (χ4v) is 8.64. The molecule has 2 heterocycles. The van der Waals surface area contributed by atoms with Crippen molar-refractivity contribution in [2.45, 2.75) is 72.6 Å². The molecule has 312 valence electrons. The van der Waals surface area contributed by atoms with Gasteiger partial charge in [-0.2, -0.15) is 0 Å². The van der Waals surface area contributed by atoms with Gasteiger partial charge >= 0.3 is 0 Å². The summed E-state index contributed by atoms with van der Waals surface area (Å²) in [6, 6.07) is 55.9. The van der Waals surface area contributed by atoms with Crippen LogP contribution in [0.1, 0.15) is 74.3 Å². The first-order valence-corrected chi connectivity index (χ1v) is 21.8. The Kier molecular flexibility index (Phi) is 9.78. The highest BCUT2D eigenvalue weighted by molar-refractivity contribution is 5.98. The van der Waals surface area contributed by atoms with Crippen molar-refractivity contribution >= 4 is 11.0 Å². The normalized spacial score (nSPS) is 12.8. The second-order valence-corrected chi connectivity index (χ2v) is 18.4. The predicted molar refractivity (Wildman–Crippen MR) is 265 cm³/mol. The number of pyridine rings is 1. The molecule has 0 aliphatic rings. The van der Waals surface area contributed by atoms with E-state index in [1.165, 1.54) is 5.56 Å². The minimum absolute atomic E-state index is 0.0499. The Labute approximate surface area is 376 Å². The Morgan fingerprint density at radius 3 is 1.95 bits per heavy atom. The highest BCUT2D eigenvalue weighted by Gasteiger charge is 2.28. The maximum Gasteiger partial charge on any atom is 0.149 e. The van der Waals surface area contributed by atoms with Crippen LogP contribution in [0.3, 0.4) is 0 Å². The molecule has 0 saturated heterocycles. The van der Waals surface area contributed by atoms with Crippen LogP contribution in [0.4, 0.5) is 0 Å². The van der Waals surface area contributed by atoms with Crippen LogP contribution >= 0.6 is 0 Å². The molecular formula is C59H55N3O. The lowest BCUT2D eigenvalue weighted by atomic mass is 9.81. The van der Waals surface area contributed by atoms with Crippen LogP contribution in [0.5, 0.6) is 5.75 Å². The number of phenolic OH excluding ortho intramolecular Hbond substituents is 1. The van der Waals surface area contributed by atoms with Gasteiger partial charge in [-0.3, -0.25) is 9.55 Å². The molecule has 4 heteroatoms. The first-order valence-electron chi connectivity index (χ1n) is 23.3. The van der Waals surface area contributed by atoms with Crippen molar-refractivity contribution in [3.63, 3.8) is 0 Å². The number of nitrogens with zero attached hydrogens (tertiary/aromatic N) is 3. The van der Waals surface area contributed by atoms with Crippen LogP contribution in [-0.2, 0) is 10.8 Å². The zero-order chi connectivity index (χ0) is 46.5. The number of imidazole rings is 1. The van der Waals surface area contributed by atoms with E-state index in [1.807, 2.05) is 30.5 Å². The van der Waals surface area contributed by atoms with E-state index >= 15 is 0 Å². The van der Waals surface area contributed by atoms with Gasteiger partial charge in [-0.25, -0.2) is 4.98 Å². The summed E-state index contributed by atoms with van der Waals surface area (Å²) < 4.78 is 25.8. The molecule has 0 saturated carbocycles. The van der Waals surface area contributed by atoms with Crippen LogP contribution in [0, 0.1) is 13.8 Å². The minimum atomic E-state index is -2.17. The van der Waals surface area contributed by atoms with E-state index in [0.717, 1.165) is 90.0 Å². The van der Waals surface area contributed by atoms with Crippen molar-refractivity contribution in [2.75, 3.05) is 0 Å². The van der Waals surface area contributed by atoms with Crippen molar-refractivity contribution in [3.8, 4) is 78.6 Å². The van der Waals surface area contributed by atoms with E-state index in [9.17, 15) is 5.11 Å². The van der Waals surface area contributed by atoms with Crippen LogP contribution in [0.2, 0.25) is 0 Å². The number of benzene rings is 7. The van der Waals surface area contributed by atoms with Crippen LogP contribution < -0.4 is 0 Å². The zero-order valence-electron chi connectivity index (χ0n) is 40.2. The van der Waals surface area contributed by atoms with Gasteiger partial charge in [-0.05, 0) is 130 Å². The molecule has 7 aromatic carbocycles. The Balaban J connectivity index is 1.31. The van der Waals surface area contributed by atoms with Gasteiger partial charge in [0.25, 0.3) is 0 Å². The number of rotatable bonds is 9. The number of para-hydroxylation sites is 1. The number of aryl methyl sites for hydroxylation is 2. The molecule has 0 atom stereocenters. The van der Waals surface area contributed by atoms with E-state index in [0.29, 0.717) is 17.0 Å². The summed E-state index contributed by atoms with van der Waals surface area (Å²) >= 11 is 0. The van der Waals surface area contributed by atoms with Crippen LogP contribution in [0.25, 0.3) is 83.9 Å². The van der Waals surface area contributed by atoms with Gasteiger partial charge in [0, 0.05) is 32.6 Å². The summed E-state index contributed by atoms with van der Waals surface area (Å²) in [4.78, 5) is 10.5. The second-order valence-electron chi connectivity index (χ2n) is 18.4. The van der Waals surface area contributed by atoms with Gasteiger partial charge in [-0.1, -0.05) is 156 Å². The summed E-state index contributed by atoms with van der Waals surface area (Å²) in [5, 5.41) is 12.3. The minimum Gasteiger partial charge on any atom is -0.507 e. The Morgan fingerprint density at radius 2 is 1.25 bits per heavy atom. The fourth-order valence-electron chi connectivity index (χ4n) is 8.64. The molecule has 9 aromatic rings. The van der Waals surface area contributed by atoms with Crippen molar-refractivity contribution in [1.29, 1.82) is 0 Å². The second kappa shape index (κ2) is 16.3. The molecule has 0 unspecified atom stereocenters. The molecule has 1 N–H and O–H groups in total. The lowest BCUT2D eigenvalue weighted by Gasteiger charge is -2.26. The van der Waals surface area contributed by atoms with Crippen molar-refractivity contribution in [2.24, 2.45) is 0 Å². The Morgan fingerprint density at radius 1 is 0.571 bits per heavy atom. The standard InChI is InChI=1S/C59H55N3O/c1-9-59(7,8)47-27-28-53(49(37-47)42-19-14-11-15-20-42)62-54-22-16-21-48(55(54)61-57(62)50-31-39(3)32-51(56(50)63)58(4,5)6)45-33-44(40-17-12-10-13-18-40)34-46(35-45)52-36-43(29-30-60-52)41-25-23-38(2)24-26-41/h10-37,63H,9H2,1-8H3/i2D3. The molecule has 9 rings (SSSR count). The largest absolute Gasteiger partial charge is 0.507 e. The summed E-state index contributed by atoms with van der Waals surface area (Å²) in [7, 11) is 0. The molecule has 0 spiro atoms. The molecule has 2 aromatic heterocycles. The topological polar surface area (TPSA) is 50.9 Å². The monoisotopic (exact) mass is 824 g/mol. The summed E-state index contributed by atoms with van der Waals surface area (Å²) in [6.07, 6.45) is 2.79. The molecule has 4 nitrogen and oxygen atoms in total. The maximum atomic E-state index is 12.3.